The predicted molar refractivity (Wildman–Crippen MR) is 74.7 cm³/mol. The smallest absolute Gasteiger partial charge is 0.186 e. The number of thioether (sulfide) groups is 1. The first-order valence-corrected chi connectivity index (χ1v) is 7.19. The molecule has 0 atom stereocenters. The maximum Gasteiger partial charge on any atom is 0.186 e. The van der Waals surface area contributed by atoms with Gasteiger partial charge in [-0.05, 0) is 30.4 Å². The second kappa shape index (κ2) is 6.47. The van der Waals surface area contributed by atoms with E-state index in [1.54, 1.807) is 18.0 Å². The minimum atomic E-state index is -0.371. The van der Waals surface area contributed by atoms with Crippen molar-refractivity contribution in [3.05, 3.63) is 41.7 Å². The molecule has 2 heterocycles. The van der Waals surface area contributed by atoms with Crippen molar-refractivity contribution in [2.75, 3.05) is 11.6 Å². The summed E-state index contributed by atoms with van der Waals surface area (Å²) in [6.07, 6.45) is 5.65. The van der Waals surface area contributed by atoms with E-state index in [1.807, 2.05) is 25.3 Å². The molecule has 0 spiro atoms. The molecular formula is C13H15FN4S. The Labute approximate surface area is 115 Å². The fraction of sp³-hybridized carbons (Fsp3) is 0.308. The number of anilines is 1. The van der Waals surface area contributed by atoms with Crippen LogP contribution in [0.1, 0.15) is 18.2 Å². The molecule has 100 valence electrons. The summed E-state index contributed by atoms with van der Waals surface area (Å²) in [5.41, 5.74) is 1.47. The van der Waals surface area contributed by atoms with Crippen molar-refractivity contribution < 1.29 is 4.39 Å². The summed E-state index contributed by atoms with van der Waals surface area (Å²) in [5, 5.41) is 3.93. The van der Waals surface area contributed by atoms with Crippen molar-refractivity contribution in [2.24, 2.45) is 0 Å². The van der Waals surface area contributed by atoms with Crippen LogP contribution in [-0.4, -0.2) is 21.2 Å². The zero-order valence-corrected chi connectivity index (χ0v) is 11.7. The summed E-state index contributed by atoms with van der Waals surface area (Å²) in [4.78, 5) is 12.0. The Morgan fingerprint density at radius 1 is 1.32 bits per heavy atom. The van der Waals surface area contributed by atoms with Gasteiger partial charge in [-0.3, -0.25) is 0 Å². The van der Waals surface area contributed by atoms with Crippen LogP contribution in [0.2, 0.25) is 0 Å². The lowest BCUT2D eigenvalue weighted by molar-refractivity contribution is 0.596. The lowest BCUT2D eigenvalue weighted by Gasteiger charge is -2.08. The summed E-state index contributed by atoms with van der Waals surface area (Å²) in [7, 11) is 0. The van der Waals surface area contributed by atoms with Gasteiger partial charge in [-0.1, -0.05) is 6.92 Å². The fourth-order valence-electron chi connectivity index (χ4n) is 1.63. The van der Waals surface area contributed by atoms with Crippen LogP contribution in [-0.2, 0) is 13.0 Å². The number of aromatic nitrogens is 3. The van der Waals surface area contributed by atoms with Crippen molar-refractivity contribution in [3.8, 4) is 0 Å². The van der Waals surface area contributed by atoms with Crippen molar-refractivity contribution >= 4 is 17.6 Å². The maximum atomic E-state index is 13.9. The van der Waals surface area contributed by atoms with Crippen LogP contribution in [0.15, 0.2) is 29.7 Å². The van der Waals surface area contributed by atoms with Gasteiger partial charge in [-0.15, -0.1) is 11.8 Å². The van der Waals surface area contributed by atoms with Crippen LogP contribution >= 0.6 is 11.8 Å². The van der Waals surface area contributed by atoms with Gasteiger partial charge in [0.15, 0.2) is 11.6 Å². The van der Waals surface area contributed by atoms with Crippen LogP contribution in [0.25, 0.3) is 0 Å². The van der Waals surface area contributed by atoms with Gasteiger partial charge >= 0.3 is 0 Å². The molecule has 0 amide bonds. The molecule has 4 nitrogen and oxygen atoms in total. The Morgan fingerprint density at radius 2 is 2.16 bits per heavy atom. The van der Waals surface area contributed by atoms with Crippen LogP contribution in [0.5, 0.6) is 0 Å². The molecule has 2 rings (SSSR count). The van der Waals surface area contributed by atoms with Gasteiger partial charge in [-0.2, -0.15) is 0 Å². The van der Waals surface area contributed by atoms with Gasteiger partial charge in [0.05, 0.1) is 10.7 Å². The van der Waals surface area contributed by atoms with E-state index in [4.69, 9.17) is 0 Å². The highest BCUT2D eigenvalue weighted by molar-refractivity contribution is 7.98. The minimum Gasteiger partial charge on any atom is -0.363 e. The molecule has 1 N–H and O–H groups in total. The summed E-state index contributed by atoms with van der Waals surface area (Å²) in [5.74, 6) is -0.126. The Hall–Kier alpha value is -1.69. The zero-order valence-electron chi connectivity index (χ0n) is 10.9. The van der Waals surface area contributed by atoms with Crippen molar-refractivity contribution in [1.29, 1.82) is 0 Å². The van der Waals surface area contributed by atoms with Gasteiger partial charge in [0.2, 0.25) is 0 Å². The largest absolute Gasteiger partial charge is 0.363 e. The summed E-state index contributed by atoms with van der Waals surface area (Å²) < 4.78 is 13.9. The molecule has 0 saturated carbocycles. The minimum absolute atomic E-state index is 0.245. The van der Waals surface area contributed by atoms with Crippen LogP contribution in [0.4, 0.5) is 10.2 Å². The Kier molecular flexibility index (Phi) is 4.68. The van der Waals surface area contributed by atoms with Gasteiger partial charge in [-0.25, -0.2) is 19.3 Å². The van der Waals surface area contributed by atoms with Gasteiger partial charge < -0.3 is 5.32 Å². The summed E-state index contributed by atoms with van der Waals surface area (Å²) in [6, 6.07) is 3.87. The van der Waals surface area contributed by atoms with E-state index in [2.05, 4.69) is 20.3 Å². The molecule has 0 fully saturated rings. The fourth-order valence-corrected chi connectivity index (χ4v) is 2.07. The van der Waals surface area contributed by atoms with Crippen molar-refractivity contribution in [2.45, 2.75) is 24.9 Å². The third-order valence-electron chi connectivity index (χ3n) is 2.66. The van der Waals surface area contributed by atoms with Crippen LogP contribution < -0.4 is 5.32 Å². The number of aryl methyl sites for hydroxylation is 1. The van der Waals surface area contributed by atoms with E-state index in [1.165, 1.54) is 6.33 Å². The van der Waals surface area contributed by atoms with Crippen molar-refractivity contribution in [1.82, 2.24) is 15.0 Å². The Balaban J connectivity index is 2.10. The third kappa shape index (κ3) is 3.41. The molecule has 0 saturated heterocycles. The lowest BCUT2D eigenvalue weighted by Crippen LogP contribution is -2.07. The van der Waals surface area contributed by atoms with Crippen LogP contribution in [0, 0.1) is 5.82 Å². The number of hydrogen-bond donors (Lipinski definition) is 1. The zero-order chi connectivity index (χ0) is 13.7. The number of halogens is 1. The lowest BCUT2D eigenvalue weighted by atomic mass is 10.2. The molecule has 6 heteroatoms. The standard InChI is InChI=1S/C13H15FN4S/c1-3-10-12(14)13(18-8-17-10)16-7-9-4-5-15-11(6-9)19-2/h4-6,8H,3,7H2,1-2H3,(H,16,17,18). The molecule has 0 unspecified atom stereocenters. The Morgan fingerprint density at radius 3 is 2.89 bits per heavy atom. The van der Waals surface area contributed by atoms with Gasteiger partial charge in [0.1, 0.15) is 6.33 Å². The first-order chi connectivity index (χ1) is 9.24. The van der Waals surface area contributed by atoms with Crippen LogP contribution in [0.3, 0.4) is 0 Å². The predicted octanol–water partition coefficient (Wildman–Crippen LogP) is 2.91. The molecule has 0 bridgehead atoms. The topological polar surface area (TPSA) is 50.7 Å². The van der Waals surface area contributed by atoms with E-state index in [0.29, 0.717) is 18.7 Å². The van der Waals surface area contributed by atoms with Gasteiger partial charge in [0.25, 0.3) is 0 Å². The number of nitrogens with one attached hydrogen (secondary N) is 1. The highest BCUT2D eigenvalue weighted by Gasteiger charge is 2.09. The average Bonchev–Trinajstić information content (AvgIpc) is 2.46. The molecule has 0 aliphatic carbocycles. The molecule has 0 aliphatic rings. The van der Waals surface area contributed by atoms with Gasteiger partial charge in [0, 0.05) is 12.7 Å². The molecule has 0 aliphatic heterocycles. The SMILES string of the molecule is CCc1ncnc(NCc2ccnc(SC)c2)c1F. The summed E-state index contributed by atoms with van der Waals surface area (Å²) in [6.45, 7) is 2.37. The molecule has 0 aromatic carbocycles. The highest BCUT2D eigenvalue weighted by atomic mass is 32.2. The van der Waals surface area contributed by atoms with E-state index in [9.17, 15) is 4.39 Å². The Bertz CT molecular complexity index is 562. The monoisotopic (exact) mass is 278 g/mol. The quantitative estimate of drug-likeness (QED) is 0.852. The molecule has 19 heavy (non-hydrogen) atoms. The van der Waals surface area contributed by atoms with Crippen molar-refractivity contribution in [3.63, 3.8) is 0 Å². The van der Waals surface area contributed by atoms with E-state index in [0.717, 1.165) is 10.6 Å². The van der Waals surface area contributed by atoms with E-state index in [-0.39, 0.29) is 11.6 Å². The highest BCUT2D eigenvalue weighted by Crippen LogP contribution is 2.16. The normalized spacial score (nSPS) is 10.5. The third-order valence-corrected chi connectivity index (χ3v) is 3.31. The number of nitrogens with zero attached hydrogens (tertiary/aromatic N) is 3. The maximum absolute atomic E-state index is 13.9. The molecule has 2 aromatic rings. The second-order valence-corrected chi connectivity index (χ2v) is 4.72. The number of pyridine rings is 1. The first-order valence-electron chi connectivity index (χ1n) is 5.96. The number of rotatable bonds is 5. The second-order valence-electron chi connectivity index (χ2n) is 3.90. The number of hydrogen-bond acceptors (Lipinski definition) is 5. The molecular weight excluding hydrogens is 263 g/mol. The van der Waals surface area contributed by atoms with E-state index >= 15 is 0 Å². The molecule has 0 radical (unpaired) electrons. The summed E-state index contributed by atoms with van der Waals surface area (Å²) >= 11 is 1.58. The molecule has 2 aromatic heterocycles. The average molecular weight is 278 g/mol. The first kappa shape index (κ1) is 13.7. The van der Waals surface area contributed by atoms with E-state index < -0.39 is 0 Å².